The van der Waals surface area contributed by atoms with Gasteiger partial charge in [-0.3, -0.25) is 14.6 Å². The molecule has 0 aromatic rings. The zero-order valence-corrected chi connectivity index (χ0v) is 21.8. The molecule has 0 aromatic heterocycles. The summed E-state index contributed by atoms with van der Waals surface area (Å²) in [6, 6.07) is -0.155. The molecule has 210 valence electrons. The normalized spacial score (nSPS) is 41.6. The largest absolute Gasteiger partial charge is 0.392 e. The predicted octanol–water partition coefficient (Wildman–Crippen LogP) is 2.02. The Balaban J connectivity index is 1.17. The Hall–Kier alpha value is -0.980. The van der Waals surface area contributed by atoms with E-state index in [-0.39, 0.29) is 42.5 Å². The van der Waals surface area contributed by atoms with Gasteiger partial charge in [-0.15, -0.1) is 0 Å². The van der Waals surface area contributed by atoms with Crippen molar-refractivity contribution in [3.05, 3.63) is 0 Å². The minimum atomic E-state index is -4.28. The molecule has 4 saturated heterocycles. The van der Waals surface area contributed by atoms with Crippen molar-refractivity contribution in [2.75, 3.05) is 59.8 Å². The quantitative estimate of drug-likeness (QED) is 0.565. The first-order valence-electron chi connectivity index (χ1n) is 14.2. The number of hydrazine groups is 1. The maximum Gasteiger partial charge on any atom is 0.392 e. The number of likely N-dealkylation sites (tertiary alicyclic amines) is 1. The molecule has 6 aliphatic rings. The molecule has 6 rings (SSSR count). The maximum absolute atomic E-state index is 14.3. The van der Waals surface area contributed by atoms with Crippen molar-refractivity contribution in [3.63, 3.8) is 0 Å². The molecular formula is C26H42F3N5O3. The highest BCUT2D eigenvalue weighted by Crippen LogP contribution is 2.52. The van der Waals surface area contributed by atoms with Crippen LogP contribution in [-0.4, -0.2) is 105 Å². The molecule has 7 unspecified atom stereocenters. The van der Waals surface area contributed by atoms with Gasteiger partial charge in [0.15, 0.2) is 0 Å². The van der Waals surface area contributed by atoms with Crippen LogP contribution in [0.4, 0.5) is 13.2 Å². The van der Waals surface area contributed by atoms with E-state index in [0.29, 0.717) is 38.6 Å². The number of carbonyl (C=O) groups is 1. The summed E-state index contributed by atoms with van der Waals surface area (Å²) in [5.41, 5.74) is 6.64. The fourth-order valence-corrected chi connectivity index (χ4v) is 8.32. The van der Waals surface area contributed by atoms with Gasteiger partial charge in [0.25, 0.3) is 0 Å². The lowest BCUT2D eigenvalue weighted by atomic mass is 9.64. The molecule has 0 radical (unpaired) electrons. The van der Waals surface area contributed by atoms with Crippen LogP contribution in [-0.2, 0) is 14.3 Å². The molecule has 0 bridgehead atoms. The van der Waals surface area contributed by atoms with E-state index in [4.69, 9.17) is 9.47 Å². The molecule has 2 saturated carbocycles. The first kappa shape index (κ1) is 26.3. The van der Waals surface area contributed by atoms with Gasteiger partial charge in [0, 0.05) is 43.1 Å². The van der Waals surface area contributed by atoms with Crippen molar-refractivity contribution < 1.29 is 27.4 Å². The van der Waals surface area contributed by atoms with Crippen LogP contribution >= 0.6 is 0 Å². The Morgan fingerprint density at radius 1 is 1.05 bits per heavy atom. The first-order chi connectivity index (χ1) is 17.7. The van der Waals surface area contributed by atoms with Crippen molar-refractivity contribution in [1.82, 2.24) is 25.6 Å². The van der Waals surface area contributed by atoms with Gasteiger partial charge in [0.2, 0.25) is 5.91 Å². The number of halogens is 3. The summed E-state index contributed by atoms with van der Waals surface area (Å²) in [4.78, 5) is 20.0. The molecule has 2 N–H and O–H groups in total. The zero-order chi connectivity index (χ0) is 25.8. The van der Waals surface area contributed by atoms with E-state index in [9.17, 15) is 18.0 Å². The standard InChI is InChI=1S/C26H42F3N5O3/c1-32-16-30-31-23(32)12-25(14-37-15-25)17-3-2-4-18(9-17)34-13-21-20(24(34)35)10-19(11-22(21)26(27,28)29)33-5-7-36-8-6-33/h17-23,30-31H,2-16H2,1H3. The second kappa shape index (κ2) is 10.2. The lowest BCUT2D eigenvalue weighted by Gasteiger charge is -2.52. The van der Waals surface area contributed by atoms with Crippen LogP contribution < -0.4 is 10.9 Å². The number of rotatable bonds is 5. The van der Waals surface area contributed by atoms with Gasteiger partial charge in [-0.2, -0.15) is 13.2 Å². The molecule has 0 spiro atoms. The van der Waals surface area contributed by atoms with Gasteiger partial charge in [-0.25, -0.2) is 10.9 Å². The smallest absolute Gasteiger partial charge is 0.380 e. The maximum atomic E-state index is 14.3. The SMILES string of the molecule is CN1CNNC1CC1(C2CCCC(N3CC4C(CC(N5CCOCC5)CC4C(F)(F)F)C3=O)C2)COC1. The summed E-state index contributed by atoms with van der Waals surface area (Å²) in [7, 11) is 2.10. The minimum Gasteiger partial charge on any atom is -0.380 e. The van der Waals surface area contributed by atoms with Crippen LogP contribution in [0.1, 0.15) is 44.9 Å². The number of hydrogen-bond donors (Lipinski definition) is 2. The molecule has 7 atom stereocenters. The van der Waals surface area contributed by atoms with Crippen LogP contribution in [0.25, 0.3) is 0 Å². The highest BCUT2D eigenvalue weighted by atomic mass is 19.4. The third-order valence-electron chi connectivity index (χ3n) is 10.5. The molecule has 6 fully saturated rings. The van der Waals surface area contributed by atoms with Crippen LogP contribution in [0, 0.1) is 29.1 Å². The number of carbonyl (C=O) groups excluding carboxylic acids is 1. The number of nitrogens with zero attached hydrogens (tertiary/aromatic N) is 3. The van der Waals surface area contributed by atoms with Gasteiger partial charge in [0.05, 0.1) is 45.2 Å². The number of ether oxygens (including phenoxy) is 2. The number of fused-ring (bicyclic) bond motifs is 1. The van der Waals surface area contributed by atoms with Crippen LogP contribution in [0.15, 0.2) is 0 Å². The van der Waals surface area contributed by atoms with Gasteiger partial charge in [-0.05, 0) is 57.4 Å². The van der Waals surface area contributed by atoms with Crippen molar-refractivity contribution in [3.8, 4) is 0 Å². The molecule has 0 aromatic carbocycles. The first-order valence-corrected chi connectivity index (χ1v) is 14.2. The van der Waals surface area contributed by atoms with E-state index in [2.05, 4.69) is 27.7 Å². The summed E-state index contributed by atoms with van der Waals surface area (Å²) >= 11 is 0. The molecule has 37 heavy (non-hydrogen) atoms. The van der Waals surface area contributed by atoms with Crippen LogP contribution in [0.3, 0.4) is 0 Å². The van der Waals surface area contributed by atoms with E-state index in [1.54, 1.807) is 0 Å². The summed E-state index contributed by atoms with van der Waals surface area (Å²) in [6.07, 6.45) is 1.48. The zero-order valence-electron chi connectivity index (χ0n) is 21.8. The summed E-state index contributed by atoms with van der Waals surface area (Å²) in [5.74, 6) is -2.14. The second-order valence-corrected chi connectivity index (χ2v) is 12.5. The van der Waals surface area contributed by atoms with Crippen molar-refractivity contribution >= 4 is 5.91 Å². The van der Waals surface area contributed by atoms with Crippen molar-refractivity contribution in [2.45, 2.75) is 69.4 Å². The highest BCUT2D eigenvalue weighted by molar-refractivity contribution is 5.82. The fourth-order valence-electron chi connectivity index (χ4n) is 8.32. The van der Waals surface area contributed by atoms with Gasteiger partial charge < -0.3 is 14.4 Å². The van der Waals surface area contributed by atoms with Gasteiger partial charge in [0.1, 0.15) is 0 Å². The number of hydrogen-bond acceptors (Lipinski definition) is 7. The molecule has 4 aliphatic heterocycles. The van der Waals surface area contributed by atoms with E-state index < -0.39 is 23.9 Å². The summed E-state index contributed by atoms with van der Waals surface area (Å²) < 4.78 is 54.1. The molecular weight excluding hydrogens is 487 g/mol. The molecule has 8 nitrogen and oxygen atoms in total. The van der Waals surface area contributed by atoms with E-state index in [0.717, 1.165) is 52.0 Å². The monoisotopic (exact) mass is 529 g/mol. The highest BCUT2D eigenvalue weighted by Gasteiger charge is 2.59. The average molecular weight is 530 g/mol. The van der Waals surface area contributed by atoms with E-state index in [1.807, 2.05) is 4.90 Å². The molecule has 11 heteroatoms. The third kappa shape index (κ3) is 4.93. The third-order valence-corrected chi connectivity index (χ3v) is 10.5. The summed E-state index contributed by atoms with van der Waals surface area (Å²) in [5, 5.41) is 0. The second-order valence-electron chi connectivity index (χ2n) is 12.5. The Kier molecular flexibility index (Phi) is 7.24. The lowest BCUT2D eigenvalue weighted by molar-refractivity contribution is -0.205. The average Bonchev–Trinajstić information content (AvgIpc) is 3.43. The number of nitrogens with one attached hydrogen (secondary N) is 2. The number of morpholine rings is 1. The minimum absolute atomic E-state index is 0.0249. The number of alkyl halides is 3. The van der Waals surface area contributed by atoms with E-state index >= 15 is 0 Å². The predicted molar refractivity (Wildman–Crippen MR) is 130 cm³/mol. The van der Waals surface area contributed by atoms with E-state index in [1.165, 1.54) is 0 Å². The van der Waals surface area contributed by atoms with Gasteiger partial charge >= 0.3 is 6.18 Å². The Bertz CT molecular complexity index is 837. The lowest BCUT2D eigenvalue weighted by Crippen LogP contribution is -2.56. The number of amides is 1. The summed E-state index contributed by atoms with van der Waals surface area (Å²) in [6.45, 7) is 4.93. The molecule has 1 amide bonds. The Labute approximate surface area is 217 Å². The van der Waals surface area contributed by atoms with Gasteiger partial charge in [-0.1, -0.05) is 6.42 Å². The Morgan fingerprint density at radius 2 is 1.84 bits per heavy atom. The molecule has 2 aliphatic carbocycles. The molecule has 4 heterocycles. The topological polar surface area (TPSA) is 69.3 Å². The van der Waals surface area contributed by atoms with Crippen molar-refractivity contribution in [1.29, 1.82) is 0 Å². The van der Waals surface area contributed by atoms with Crippen LogP contribution in [0.2, 0.25) is 0 Å². The van der Waals surface area contributed by atoms with Crippen molar-refractivity contribution in [2.24, 2.45) is 29.1 Å². The Morgan fingerprint density at radius 3 is 2.49 bits per heavy atom. The fraction of sp³-hybridized carbons (Fsp3) is 0.962. The van der Waals surface area contributed by atoms with Crippen LogP contribution in [0.5, 0.6) is 0 Å².